The SMILES string of the molecule is CN(CCc1ncon1)C(=O)c1nc2ccc(Cl)cn2c1F. The van der Waals surface area contributed by atoms with Crippen molar-refractivity contribution in [2.75, 3.05) is 13.6 Å². The average molecular weight is 324 g/mol. The first-order chi connectivity index (χ1) is 10.6. The number of rotatable bonds is 4. The van der Waals surface area contributed by atoms with Crippen LogP contribution in [-0.2, 0) is 6.42 Å². The van der Waals surface area contributed by atoms with Crippen LogP contribution in [0.5, 0.6) is 0 Å². The zero-order chi connectivity index (χ0) is 15.7. The Morgan fingerprint density at radius 1 is 1.50 bits per heavy atom. The summed E-state index contributed by atoms with van der Waals surface area (Å²) in [6, 6.07) is 3.12. The number of carbonyl (C=O) groups is 1. The van der Waals surface area contributed by atoms with Crippen molar-refractivity contribution in [3.63, 3.8) is 0 Å². The molecule has 0 N–H and O–H groups in total. The third kappa shape index (κ3) is 2.64. The van der Waals surface area contributed by atoms with Crippen LogP contribution in [0.15, 0.2) is 29.2 Å². The quantitative estimate of drug-likeness (QED) is 0.732. The number of nitrogens with zero attached hydrogens (tertiary/aromatic N) is 5. The third-order valence-electron chi connectivity index (χ3n) is 3.15. The molecule has 9 heteroatoms. The molecule has 0 aromatic carbocycles. The van der Waals surface area contributed by atoms with E-state index in [0.29, 0.717) is 29.5 Å². The van der Waals surface area contributed by atoms with Gasteiger partial charge in [-0.3, -0.25) is 9.20 Å². The largest absolute Gasteiger partial charge is 0.343 e. The Balaban J connectivity index is 1.80. The van der Waals surface area contributed by atoms with E-state index in [-0.39, 0.29) is 5.69 Å². The highest BCUT2D eigenvalue weighted by molar-refractivity contribution is 6.30. The van der Waals surface area contributed by atoms with Crippen molar-refractivity contribution < 1.29 is 13.7 Å². The lowest BCUT2D eigenvalue weighted by molar-refractivity contribution is 0.0785. The van der Waals surface area contributed by atoms with E-state index in [1.54, 1.807) is 19.2 Å². The normalized spacial score (nSPS) is 11.0. The van der Waals surface area contributed by atoms with Crippen LogP contribution < -0.4 is 0 Å². The van der Waals surface area contributed by atoms with Crippen molar-refractivity contribution in [3.05, 3.63) is 47.2 Å². The van der Waals surface area contributed by atoms with Gasteiger partial charge in [-0.25, -0.2) is 4.98 Å². The highest BCUT2D eigenvalue weighted by Gasteiger charge is 2.22. The minimum absolute atomic E-state index is 0.252. The molecule has 0 aliphatic rings. The molecule has 0 unspecified atom stereocenters. The summed E-state index contributed by atoms with van der Waals surface area (Å²) in [7, 11) is 1.55. The molecule has 0 bridgehead atoms. The van der Waals surface area contributed by atoms with Crippen LogP contribution in [0, 0.1) is 5.95 Å². The zero-order valence-electron chi connectivity index (χ0n) is 11.5. The minimum Gasteiger partial charge on any atom is -0.343 e. The molecule has 0 atom stereocenters. The van der Waals surface area contributed by atoms with Crippen molar-refractivity contribution in [2.45, 2.75) is 6.42 Å². The van der Waals surface area contributed by atoms with Gasteiger partial charge in [-0.15, -0.1) is 0 Å². The molecule has 0 spiro atoms. The molecule has 0 saturated heterocycles. The number of imidazole rings is 1. The maximum absolute atomic E-state index is 14.3. The Kier molecular flexibility index (Phi) is 3.76. The van der Waals surface area contributed by atoms with E-state index in [9.17, 15) is 9.18 Å². The summed E-state index contributed by atoms with van der Waals surface area (Å²) in [4.78, 5) is 21.5. The Morgan fingerprint density at radius 2 is 2.32 bits per heavy atom. The lowest BCUT2D eigenvalue weighted by Crippen LogP contribution is -2.30. The van der Waals surface area contributed by atoms with Gasteiger partial charge in [0.05, 0.1) is 5.02 Å². The number of aromatic nitrogens is 4. The molecule has 3 heterocycles. The number of hydrogen-bond donors (Lipinski definition) is 0. The monoisotopic (exact) mass is 323 g/mol. The smallest absolute Gasteiger partial charge is 0.277 e. The molecule has 3 rings (SSSR count). The Hall–Kier alpha value is -2.48. The van der Waals surface area contributed by atoms with E-state index in [4.69, 9.17) is 11.6 Å². The van der Waals surface area contributed by atoms with E-state index in [2.05, 4.69) is 19.6 Å². The number of carbonyl (C=O) groups excluding carboxylic acids is 1. The van der Waals surface area contributed by atoms with Crippen LogP contribution >= 0.6 is 11.6 Å². The molecular weight excluding hydrogens is 313 g/mol. The van der Waals surface area contributed by atoms with Gasteiger partial charge in [0.1, 0.15) is 5.65 Å². The van der Waals surface area contributed by atoms with Gasteiger partial charge < -0.3 is 9.42 Å². The third-order valence-corrected chi connectivity index (χ3v) is 3.37. The van der Waals surface area contributed by atoms with Gasteiger partial charge >= 0.3 is 0 Å². The number of halogens is 2. The van der Waals surface area contributed by atoms with E-state index in [1.807, 2.05) is 0 Å². The van der Waals surface area contributed by atoms with Gasteiger partial charge in [0.2, 0.25) is 12.3 Å². The first-order valence-electron chi connectivity index (χ1n) is 6.40. The van der Waals surface area contributed by atoms with Gasteiger partial charge in [-0.2, -0.15) is 9.37 Å². The first kappa shape index (κ1) is 14.5. The summed E-state index contributed by atoms with van der Waals surface area (Å²) in [5.41, 5.74) is 0.0645. The van der Waals surface area contributed by atoms with Gasteiger partial charge in [0, 0.05) is 26.2 Å². The maximum atomic E-state index is 14.3. The summed E-state index contributed by atoms with van der Waals surface area (Å²) in [6.45, 7) is 0.312. The number of amides is 1. The summed E-state index contributed by atoms with van der Waals surface area (Å²) in [6.07, 6.45) is 2.98. The highest BCUT2D eigenvalue weighted by Crippen LogP contribution is 2.16. The fourth-order valence-electron chi connectivity index (χ4n) is 1.98. The maximum Gasteiger partial charge on any atom is 0.277 e. The summed E-state index contributed by atoms with van der Waals surface area (Å²) in [5, 5.41) is 4.00. The molecule has 3 aromatic heterocycles. The molecule has 0 aliphatic carbocycles. The second-order valence-electron chi connectivity index (χ2n) is 4.65. The number of fused-ring (bicyclic) bond motifs is 1. The lowest BCUT2D eigenvalue weighted by Gasteiger charge is -2.14. The predicted molar refractivity (Wildman–Crippen MR) is 75.1 cm³/mol. The van der Waals surface area contributed by atoms with E-state index < -0.39 is 11.9 Å². The standard InChI is InChI=1S/C13H11ClFN5O2/c1-19(5-4-9-16-7-22-18-9)13(21)11-12(15)20-6-8(14)2-3-10(20)17-11/h2-3,6-7H,4-5H2,1H3. The van der Waals surface area contributed by atoms with Crippen LogP contribution in [-0.4, -0.2) is 43.9 Å². The van der Waals surface area contributed by atoms with Crippen molar-refractivity contribution in [2.24, 2.45) is 0 Å². The summed E-state index contributed by atoms with van der Waals surface area (Å²) in [5.74, 6) is -0.795. The highest BCUT2D eigenvalue weighted by atomic mass is 35.5. The molecular formula is C13H11ClFN5O2. The van der Waals surface area contributed by atoms with Crippen molar-refractivity contribution >= 4 is 23.2 Å². The Bertz CT molecular complexity index is 817. The van der Waals surface area contributed by atoms with Gasteiger partial charge in [-0.05, 0) is 12.1 Å². The van der Waals surface area contributed by atoms with E-state index in [1.165, 1.54) is 17.5 Å². The fourth-order valence-corrected chi connectivity index (χ4v) is 2.14. The second kappa shape index (κ2) is 5.72. The van der Waals surface area contributed by atoms with Gasteiger partial charge in [-0.1, -0.05) is 16.8 Å². The molecule has 3 aromatic rings. The van der Waals surface area contributed by atoms with Crippen LogP contribution in [0.25, 0.3) is 5.65 Å². The molecule has 114 valence electrons. The molecule has 0 saturated carbocycles. The van der Waals surface area contributed by atoms with E-state index >= 15 is 0 Å². The molecule has 0 aliphatic heterocycles. The summed E-state index contributed by atoms with van der Waals surface area (Å²) >= 11 is 5.82. The topological polar surface area (TPSA) is 76.5 Å². The van der Waals surface area contributed by atoms with Crippen LogP contribution in [0.3, 0.4) is 0 Å². The minimum atomic E-state index is -0.742. The molecule has 0 fully saturated rings. The van der Waals surface area contributed by atoms with Crippen molar-refractivity contribution in [1.29, 1.82) is 0 Å². The van der Waals surface area contributed by atoms with Crippen LogP contribution in [0.4, 0.5) is 4.39 Å². The molecule has 0 radical (unpaired) electrons. The first-order valence-corrected chi connectivity index (χ1v) is 6.78. The molecule has 22 heavy (non-hydrogen) atoms. The number of pyridine rings is 1. The number of hydrogen-bond acceptors (Lipinski definition) is 5. The Labute approximate surface area is 129 Å². The van der Waals surface area contributed by atoms with E-state index in [0.717, 1.165) is 4.40 Å². The Morgan fingerprint density at radius 3 is 3.05 bits per heavy atom. The lowest BCUT2D eigenvalue weighted by atomic mass is 10.3. The number of likely N-dealkylation sites (N-methyl/N-ethyl adjacent to an activating group) is 1. The fraction of sp³-hybridized carbons (Fsp3) is 0.231. The van der Waals surface area contributed by atoms with Gasteiger partial charge in [0.25, 0.3) is 5.91 Å². The summed E-state index contributed by atoms with van der Waals surface area (Å²) < 4.78 is 20.0. The van der Waals surface area contributed by atoms with Crippen LogP contribution in [0.1, 0.15) is 16.3 Å². The molecule has 1 amide bonds. The van der Waals surface area contributed by atoms with Crippen molar-refractivity contribution in [3.8, 4) is 0 Å². The second-order valence-corrected chi connectivity index (χ2v) is 5.09. The molecule has 7 nitrogen and oxygen atoms in total. The van der Waals surface area contributed by atoms with Crippen LogP contribution in [0.2, 0.25) is 5.02 Å². The van der Waals surface area contributed by atoms with Gasteiger partial charge in [0.15, 0.2) is 11.5 Å². The predicted octanol–water partition coefficient (Wildman–Crippen LogP) is 1.82. The average Bonchev–Trinajstić information content (AvgIpc) is 3.13. The van der Waals surface area contributed by atoms with Crippen molar-refractivity contribution in [1.82, 2.24) is 24.4 Å². The zero-order valence-corrected chi connectivity index (χ0v) is 12.3.